The number of pyridine rings is 2. The number of nitrogens with one attached hydrogen (secondary N) is 1. The van der Waals surface area contributed by atoms with Crippen LogP contribution in [-0.2, 0) is 0 Å². The molecule has 0 atom stereocenters. The van der Waals surface area contributed by atoms with Gasteiger partial charge in [0.15, 0.2) is 5.82 Å². The molecular weight excluding hydrogens is 418 g/mol. The van der Waals surface area contributed by atoms with Gasteiger partial charge in [0, 0.05) is 41.5 Å². The number of aromatic nitrogens is 5. The molecule has 164 valence electrons. The fourth-order valence-electron chi connectivity index (χ4n) is 3.63. The Hall–Kier alpha value is -4.40. The molecular formula is C24H21N7O2. The highest BCUT2D eigenvalue weighted by Crippen LogP contribution is 2.37. The number of allylic oxidation sites excluding steroid dienone is 5. The Morgan fingerprint density at radius 2 is 2.03 bits per heavy atom. The molecule has 1 fully saturated rings. The van der Waals surface area contributed by atoms with Gasteiger partial charge in [-0.15, -0.1) is 10.2 Å². The summed E-state index contributed by atoms with van der Waals surface area (Å²) >= 11 is 0. The number of nitrogens with two attached hydrogens (primary N) is 1. The second kappa shape index (κ2) is 8.62. The number of primary amides is 1. The topological polar surface area (TPSA) is 129 Å². The normalized spacial score (nSPS) is 15.4. The second-order valence-corrected chi connectivity index (χ2v) is 7.90. The van der Waals surface area contributed by atoms with E-state index in [2.05, 4.69) is 36.1 Å². The van der Waals surface area contributed by atoms with Gasteiger partial charge in [-0.1, -0.05) is 12.2 Å². The van der Waals surface area contributed by atoms with Crippen molar-refractivity contribution in [3.8, 4) is 11.1 Å². The van der Waals surface area contributed by atoms with E-state index in [1.165, 1.54) is 6.20 Å². The van der Waals surface area contributed by atoms with Gasteiger partial charge in [0.1, 0.15) is 12.0 Å². The predicted octanol–water partition coefficient (Wildman–Crippen LogP) is 2.83. The van der Waals surface area contributed by atoms with Crippen molar-refractivity contribution in [2.75, 3.05) is 0 Å². The summed E-state index contributed by atoms with van der Waals surface area (Å²) in [6.45, 7) is 0. The molecule has 0 saturated heterocycles. The van der Waals surface area contributed by atoms with Crippen molar-refractivity contribution in [2.24, 2.45) is 5.73 Å². The zero-order valence-electron chi connectivity index (χ0n) is 17.7. The molecule has 2 aliphatic carbocycles. The Balaban J connectivity index is 1.38. The van der Waals surface area contributed by atoms with Crippen LogP contribution in [0.5, 0.6) is 0 Å². The van der Waals surface area contributed by atoms with Crippen LogP contribution in [0.1, 0.15) is 52.0 Å². The lowest BCUT2D eigenvalue weighted by Gasteiger charge is -2.09. The van der Waals surface area contributed by atoms with E-state index in [-0.39, 0.29) is 11.6 Å². The Kier molecular flexibility index (Phi) is 5.35. The van der Waals surface area contributed by atoms with E-state index in [4.69, 9.17) is 5.73 Å². The zero-order valence-corrected chi connectivity index (χ0v) is 17.7. The maximum absolute atomic E-state index is 13.0. The molecule has 33 heavy (non-hydrogen) atoms. The Morgan fingerprint density at radius 3 is 2.85 bits per heavy atom. The van der Waals surface area contributed by atoms with E-state index in [0.717, 1.165) is 30.7 Å². The van der Waals surface area contributed by atoms with Crippen LogP contribution < -0.4 is 11.1 Å². The first-order valence-corrected chi connectivity index (χ1v) is 10.6. The Labute approximate surface area is 189 Å². The van der Waals surface area contributed by atoms with Crippen LogP contribution in [0.25, 0.3) is 16.7 Å². The molecule has 3 N–H and O–H groups in total. The van der Waals surface area contributed by atoms with Crippen molar-refractivity contribution in [1.29, 1.82) is 0 Å². The monoisotopic (exact) mass is 439 g/mol. The van der Waals surface area contributed by atoms with Crippen LogP contribution in [0.15, 0.2) is 73.1 Å². The number of carbonyl (C=O) groups excluding carboxylic acids is 2. The Morgan fingerprint density at radius 1 is 1.15 bits per heavy atom. The van der Waals surface area contributed by atoms with Crippen LogP contribution in [0, 0.1) is 0 Å². The first kappa shape index (κ1) is 20.5. The van der Waals surface area contributed by atoms with Gasteiger partial charge in [-0.3, -0.25) is 19.6 Å². The highest BCUT2D eigenvalue weighted by Gasteiger charge is 2.27. The number of carbonyl (C=O) groups is 2. The number of rotatable bonds is 6. The summed E-state index contributed by atoms with van der Waals surface area (Å²) in [6, 6.07) is 5.48. The molecule has 3 aromatic rings. The van der Waals surface area contributed by atoms with Crippen LogP contribution >= 0.6 is 0 Å². The number of hydrogen-bond donors (Lipinski definition) is 2. The molecule has 0 bridgehead atoms. The van der Waals surface area contributed by atoms with Crippen molar-refractivity contribution in [3.63, 3.8) is 0 Å². The minimum absolute atomic E-state index is 0.238. The second-order valence-electron chi connectivity index (χ2n) is 7.90. The predicted molar refractivity (Wildman–Crippen MR) is 122 cm³/mol. The van der Waals surface area contributed by atoms with Crippen LogP contribution in [0.3, 0.4) is 0 Å². The summed E-state index contributed by atoms with van der Waals surface area (Å²) in [5.74, 6) is -0.114. The average molecular weight is 439 g/mol. The van der Waals surface area contributed by atoms with Crippen molar-refractivity contribution in [3.05, 3.63) is 90.2 Å². The van der Waals surface area contributed by atoms with E-state index in [1.807, 2.05) is 18.2 Å². The molecule has 0 aliphatic heterocycles. The third-order valence-electron chi connectivity index (χ3n) is 5.46. The summed E-state index contributed by atoms with van der Waals surface area (Å²) in [5, 5.41) is 11.3. The molecule has 9 nitrogen and oxygen atoms in total. The molecule has 2 aliphatic rings. The van der Waals surface area contributed by atoms with E-state index in [9.17, 15) is 9.59 Å². The zero-order chi connectivity index (χ0) is 22.8. The molecule has 3 aromatic heterocycles. The van der Waals surface area contributed by atoms with Gasteiger partial charge in [0.05, 0.1) is 5.56 Å². The fourth-order valence-corrected chi connectivity index (χ4v) is 3.63. The molecule has 5 rings (SSSR count). The van der Waals surface area contributed by atoms with Crippen LogP contribution in [0.4, 0.5) is 0 Å². The van der Waals surface area contributed by atoms with Gasteiger partial charge >= 0.3 is 0 Å². The van der Waals surface area contributed by atoms with E-state index < -0.39 is 5.91 Å². The van der Waals surface area contributed by atoms with Gasteiger partial charge in [0.25, 0.3) is 5.91 Å². The lowest BCUT2D eigenvalue weighted by Crippen LogP contribution is -2.23. The summed E-state index contributed by atoms with van der Waals surface area (Å²) in [5.41, 5.74) is 8.80. The standard InChI is InChI=1S/C24H21N7O2/c25-22(32)18-9-17(12-26-13-18)15-7-8-27-21(11-15)24(33)29-19-4-2-1-3-16(10-19)23-30-28-14-31(23)20-5-6-20/h2-4,7-14,20H,1,5-6H2,(H2,25,32)(H,29,33). The molecule has 0 aromatic carbocycles. The third kappa shape index (κ3) is 4.47. The van der Waals surface area contributed by atoms with E-state index in [0.29, 0.717) is 28.4 Å². The molecule has 2 amide bonds. The van der Waals surface area contributed by atoms with E-state index in [1.54, 1.807) is 36.9 Å². The smallest absolute Gasteiger partial charge is 0.274 e. The average Bonchev–Trinajstić information content (AvgIpc) is 3.61. The summed E-state index contributed by atoms with van der Waals surface area (Å²) in [4.78, 5) is 32.7. The van der Waals surface area contributed by atoms with Crippen molar-refractivity contribution in [1.82, 2.24) is 30.0 Å². The molecule has 1 saturated carbocycles. The third-order valence-corrected chi connectivity index (χ3v) is 5.46. The number of amides is 2. The van der Waals surface area contributed by atoms with Gasteiger partial charge in [-0.05, 0) is 55.2 Å². The van der Waals surface area contributed by atoms with Crippen LogP contribution in [-0.4, -0.2) is 36.5 Å². The molecule has 0 unspecified atom stereocenters. The summed E-state index contributed by atoms with van der Waals surface area (Å²) < 4.78 is 2.09. The highest BCUT2D eigenvalue weighted by molar-refractivity contribution is 5.96. The minimum atomic E-state index is -0.565. The molecule has 0 radical (unpaired) electrons. The van der Waals surface area contributed by atoms with Crippen molar-refractivity contribution >= 4 is 17.4 Å². The fraction of sp³-hybridized carbons (Fsp3) is 0.167. The van der Waals surface area contributed by atoms with E-state index >= 15 is 0 Å². The highest BCUT2D eigenvalue weighted by atomic mass is 16.2. The minimum Gasteiger partial charge on any atom is -0.366 e. The number of nitrogens with zero attached hydrogens (tertiary/aromatic N) is 5. The maximum Gasteiger partial charge on any atom is 0.274 e. The largest absolute Gasteiger partial charge is 0.366 e. The van der Waals surface area contributed by atoms with Crippen molar-refractivity contribution in [2.45, 2.75) is 25.3 Å². The molecule has 9 heteroatoms. The SMILES string of the molecule is NC(=O)c1cncc(-c2ccnc(C(=O)NC3=CC(c4nncn4C4CC4)=CCC=C3)c2)c1. The number of hydrogen-bond acceptors (Lipinski definition) is 6. The molecule has 3 heterocycles. The van der Waals surface area contributed by atoms with Crippen LogP contribution in [0.2, 0.25) is 0 Å². The Bertz CT molecular complexity index is 1330. The van der Waals surface area contributed by atoms with Gasteiger partial charge in [0.2, 0.25) is 5.91 Å². The molecule has 0 spiro atoms. The lowest BCUT2D eigenvalue weighted by molar-refractivity contribution is 0.0960. The van der Waals surface area contributed by atoms with Gasteiger partial charge in [-0.2, -0.15) is 0 Å². The quantitative estimate of drug-likeness (QED) is 0.608. The lowest BCUT2D eigenvalue weighted by atomic mass is 10.1. The first-order valence-electron chi connectivity index (χ1n) is 10.6. The summed E-state index contributed by atoms with van der Waals surface area (Å²) in [7, 11) is 0. The van der Waals surface area contributed by atoms with Crippen molar-refractivity contribution < 1.29 is 9.59 Å². The maximum atomic E-state index is 13.0. The first-order chi connectivity index (χ1) is 16.1. The van der Waals surface area contributed by atoms with Gasteiger partial charge < -0.3 is 15.6 Å². The van der Waals surface area contributed by atoms with Gasteiger partial charge in [-0.25, -0.2) is 0 Å². The summed E-state index contributed by atoms with van der Waals surface area (Å²) in [6.07, 6.45) is 17.1.